The van der Waals surface area contributed by atoms with E-state index in [1.165, 1.54) is 0 Å². The molecule has 86 valence electrons. The molecule has 0 bridgehead atoms. The predicted octanol–water partition coefficient (Wildman–Crippen LogP) is 3.06. The largest absolute Gasteiger partial charge is 0.487 e. The summed E-state index contributed by atoms with van der Waals surface area (Å²) >= 11 is 0. The van der Waals surface area contributed by atoms with Crippen molar-refractivity contribution >= 4 is 5.69 Å². The van der Waals surface area contributed by atoms with Gasteiger partial charge in [0.05, 0.1) is 17.1 Å². The smallest absolute Gasteiger partial charge is 0.273 e. The lowest BCUT2D eigenvalue weighted by Crippen LogP contribution is -2.12. The number of nitrogens with zero attached hydrogens (tertiary/aromatic N) is 1. The summed E-state index contributed by atoms with van der Waals surface area (Å²) in [5.74, 6) is -0.557. The highest BCUT2D eigenvalue weighted by molar-refractivity contribution is 5.39. The molecule has 1 aromatic rings. The quantitative estimate of drug-likeness (QED) is 0.586. The van der Waals surface area contributed by atoms with Gasteiger partial charge in [0.1, 0.15) is 0 Å². The zero-order valence-corrected chi connectivity index (χ0v) is 8.69. The summed E-state index contributed by atoms with van der Waals surface area (Å²) in [4.78, 5) is 9.97. The molecule has 16 heavy (non-hydrogen) atoms. The molecule has 1 saturated carbocycles. The molecule has 0 spiro atoms. The molecular formula is C11H12FNO3. The molecule has 0 aliphatic heterocycles. The number of ether oxygens (including phenoxy) is 1. The van der Waals surface area contributed by atoms with Crippen LogP contribution in [-0.4, -0.2) is 11.0 Å². The molecule has 1 fully saturated rings. The summed E-state index contributed by atoms with van der Waals surface area (Å²) in [6, 6.07) is 3.35. The molecule has 5 heteroatoms. The number of hydrogen-bond acceptors (Lipinski definition) is 3. The van der Waals surface area contributed by atoms with Crippen molar-refractivity contribution in [2.75, 3.05) is 0 Å². The van der Waals surface area contributed by atoms with Crippen LogP contribution in [0.5, 0.6) is 5.75 Å². The topological polar surface area (TPSA) is 52.4 Å². The zero-order chi connectivity index (χ0) is 11.5. The van der Waals surface area contributed by atoms with Crippen LogP contribution in [0.25, 0.3) is 0 Å². The monoisotopic (exact) mass is 225 g/mol. The van der Waals surface area contributed by atoms with Crippen molar-refractivity contribution in [2.24, 2.45) is 0 Å². The summed E-state index contributed by atoms with van der Waals surface area (Å²) in [7, 11) is 0. The van der Waals surface area contributed by atoms with Crippen LogP contribution in [-0.2, 0) is 0 Å². The van der Waals surface area contributed by atoms with Crippen LogP contribution in [0.15, 0.2) is 18.2 Å². The van der Waals surface area contributed by atoms with E-state index in [9.17, 15) is 14.5 Å². The highest BCUT2D eigenvalue weighted by Crippen LogP contribution is 2.28. The maximum absolute atomic E-state index is 13.3. The first-order valence-electron chi connectivity index (χ1n) is 5.27. The molecule has 0 heterocycles. The molecule has 4 nitrogen and oxygen atoms in total. The molecular weight excluding hydrogens is 213 g/mol. The molecule has 0 aromatic heterocycles. The molecule has 1 aliphatic carbocycles. The van der Waals surface area contributed by atoms with Gasteiger partial charge in [-0.05, 0) is 31.7 Å². The van der Waals surface area contributed by atoms with E-state index in [4.69, 9.17) is 4.74 Å². The maximum Gasteiger partial charge on any atom is 0.273 e. The lowest BCUT2D eigenvalue weighted by Gasteiger charge is -2.13. The number of rotatable bonds is 3. The van der Waals surface area contributed by atoms with Gasteiger partial charge in [-0.25, -0.2) is 4.39 Å². The Balaban J connectivity index is 2.17. The second kappa shape index (κ2) is 4.47. The van der Waals surface area contributed by atoms with E-state index in [1.807, 2.05) is 0 Å². The van der Waals surface area contributed by atoms with Crippen molar-refractivity contribution in [1.82, 2.24) is 0 Å². The van der Waals surface area contributed by atoms with E-state index in [2.05, 4.69) is 0 Å². The van der Waals surface area contributed by atoms with Gasteiger partial charge in [0.2, 0.25) is 0 Å². The standard InChI is InChI=1S/C11H12FNO3/c12-10-6-5-8(13(14)15)7-11(10)16-9-3-1-2-4-9/h5-7,9H,1-4H2. The van der Waals surface area contributed by atoms with E-state index in [0.717, 1.165) is 43.9 Å². The summed E-state index contributed by atoms with van der Waals surface area (Å²) in [5, 5.41) is 10.5. The Bertz CT molecular complexity index is 402. The van der Waals surface area contributed by atoms with Gasteiger partial charge in [-0.2, -0.15) is 0 Å². The first kappa shape index (κ1) is 10.9. The van der Waals surface area contributed by atoms with Crippen molar-refractivity contribution in [1.29, 1.82) is 0 Å². The minimum Gasteiger partial charge on any atom is -0.487 e. The third-order valence-corrected chi connectivity index (χ3v) is 2.72. The number of nitro groups is 1. The summed E-state index contributed by atoms with van der Waals surface area (Å²) in [6.07, 6.45) is 3.92. The summed E-state index contributed by atoms with van der Waals surface area (Å²) in [5.41, 5.74) is -0.144. The van der Waals surface area contributed by atoms with E-state index in [0.29, 0.717) is 0 Å². The first-order chi connectivity index (χ1) is 7.66. The molecule has 1 aromatic carbocycles. The molecule has 0 saturated heterocycles. The number of halogens is 1. The first-order valence-corrected chi connectivity index (χ1v) is 5.27. The van der Waals surface area contributed by atoms with Crippen LogP contribution >= 0.6 is 0 Å². The minimum atomic E-state index is -0.555. The molecule has 2 rings (SSSR count). The highest BCUT2D eigenvalue weighted by Gasteiger charge is 2.19. The minimum absolute atomic E-state index is 0.00324. The Morgan fingerprint density at radius 2 is 2.06 bits per heavy atom. The van der Waals surface area contributed by atoms with Crippen LogP contribution in [0.4, 0.5) is 10.1 Å². The van der Waals surface area contributed by atoms with Gasteiger partial charge in [0.15, 0.2) is 11.6 Å². The van der Waals surface area contributed by atoms with E-state index >= 15 is 0 Å². The van der Waals surface area contributed by atoms with E-state index in [1.54, 1.807) is 0 Å². The predicted molar refractivity (Wildman–Crippen MR) is 55.9 cm³/mol. The average molecular weight is 225 g/mol. The Kier molecular flexibility index (Phi) is 3.03. The highest BCUT2D eigenvalue weighted by atomic mass is 19.1. The lowest BCUT2D eigenvalue weighted by atomic mass is 10.2. The average Bonchev–Trinajstić information content (AvgIpc) is 2.73. The zero-order valence-electron chi connectivity index (χ0n) is 8.69. The van der Waals surface area contributed by atoms with Gasteiger partial charge in [-0.1, -0.05) is 0 Å². The lowest BCUT2D eigenvalue weighted by molar-refractivity contribution is -0.385. The van der Waals surface area contributed by atoms with Crippen molar-refractivity contribution in [3.05, 3.63) is 34.1 Å². The SMILES string of the molecule is O=[N+]([O-])c1ccc(F)c(OC2CCCC2)c1. The van der Waals surface area contributed by atoms with Gasteiger partial charge in [0.25, 0.3) is 5.69 Å². The van der Waals surface area contributed by atoms with Crippen LogP contribution in [0.1, 0.15) is 25.7 Å². The molecule has 0 atom stereocenters. The Hall–Kier alpha value is -1.65. The summed E-state index contributed by atoms with van der Waals surface area (Å²) < 4.78 is 18.8. The number of non-ortho nitro benzene ring substituents is 1. The maximum atomic E-state index is 13.3. The van der Waals surface area contributed by atoms with Gasteiger partial charge in [-0.3, -0.25) is 10.1 Å². The fourth-order valence-electron chi connectivity index (χ4n) is 1.88. The molecule has 0 unspecified atom stereocenters. The van der Waals surface area contributed by atoms with Crippen LogP contribution in [0, 0.1) is 15.9 Å². The second-order valence-electron chi connectivity index (χ2n) is 3.90. The fourth-order valence-corrected chi connectivity index (χ4v) is 1.88. The molecule has 0 amide bonds. The van der Waals surface area contributed by atoms with Crippen LogP contribution in [0.3, 0.4) is 0 Å². The van der Waals surface area contributed by atoms with Gasteiger partial charge >= 0.3 is 0 Å². The van der Waals surface area contributed by atoms with Crippen molar-refractivity contribution in [2.45, 2.75) is 31.8 Å². The molecule has 1 aliphatic rings. The molecule has 0 N–H and O–H groups in total. The van der Waals surface area contributed by atoms with Gasteiger partial charge in [-0.15, -0.1) is 0 Å². The van der Waals surface area contributed by atoms with E-state index in [-0.39, 0.29) is 17.5 Å². The second-order valence-corrected chi connectivity index (χ2v) is 3.90. The summed E-state index contributed by atoms with van der Waals surface area (Å²) in [6.45, 7) is 0. The van der Waals surface area contributed by atoms with E-state index < -0.39 is 10.7 Å². The fraction of sp³-hybridized carbons (Fsp3) is 0.455. The van der Waals surface area contributed by atoms with Crippen molar-refractivity contribution in [3.63, 3.8) is 0 Å². The number of nitro benzene ring substituents is 1. The van der Waals surface area contributed by atoms with Gasteiger partial charge < -0.3 is 4.74 Å². The normalized spacial score (nSPS) is 16.3. The third kappa shape index (κ3) is 2.29. The van der Waals surface area contributed by atoms with Crippen molar-refractivity contribution in [3.8, 4) is 5.75 Å². The van der Waals surface area contributed by atoms with Crippen LogP contribution < -0.4 is 4.74 Å². The number of benzene rings is 1. The molecule has 0 radical (unpaired) electrons. The third-order valence-electron chi connectivity index (χ3n) is 2.72. The van der Waals surface area contributed by atoms with Crippen LogP contribution in [0.2, 0.25) is 0 Å². The Labute approximate surface area is 92.2 Å². The Morgan fingerprint density at radius 3 is 2.69 bits per heavy atom. The van der Waals surface area contributed by atoms with Crippen molar-refractivity contribution < 1.29 is 14.1 Å². The van der Waals surface area contributed by atoms with Gasteiger partial charge in [0, 0.05) is 6.07 Å². The Morgan fingerprint density at radius 1 is 1.38 bits per heavy atom. The number of hydrogen-bond donors (Lipinski definition) is 0.